The first-order valence-electron chi connectivity index (χ1n) is 5.22. The lowest BCUT2D eigenvalue weighted by molar-refractivity contribution is 0.0694. The minimum atomic E-state index is -1.10. The first-order valence-corrected chi connectivity index (χ1v) is 5.60. The third-order valence-electron chi connectivity index (χ3n) is 2.42. The maximum Gasteiger partial charge on any atom is 0.341 e. The summed E-state index contributed by atoms with van der Waals surface area (Å²) in [5, 5.41) is 24.3. The average Bonchev–Trinajstić information content (AvgIpc) is 2.85. The van der Waals surface area contributed by atoms with Gasteiger partial charge in [0.05, 0.1) is 23.3 Å². The predicted octanol–water partition coefficient (Wildman–Crippen LogP) is 2.51. The van der Waals surface area contributed by atoms with Gasteiger partial charge in [-0.15, -0.1) is 0 Å². The lowest BCUT2D eigenvalue weighted by Gasteiger charge is -2.05. The molecule has 0 aliphatic carbocycles. The summed E-state index contributed by atoms with van der Waals surface area (Å²) in [6.07, 6.45) is 1.14. The van der Waals surface area contributed by atoms with Crippen molar-refractivity contribution in [1.29, 1.82) is 5.26 Å². The van der Waals surface area contributed by atoms with Gasteiger partial charge < -0.3 is 14.9 Å². The number of halogens is 1. The predicted molar refractivity (Wildman–Crippen MR) is 67.0 cm³/mol. The van der Waals surface area contributed by atoms with Crippen LogP contribution in [0, 0.1) is 11.3 Å². The Kier molecular flexibility index (Phi) is 3.68. The van der Waals surface area contributed by atoms with E-state index in [2.05, 4.69) is 10.5 Å². The number of nitrogens with zero attached hydrogens (tertiary/aromatic N) is 2. The van der Waals surface area contributed by atoms with E-state index >= 15 is 0 Å². The van der Waals surface area contributed by atoms with Gasteiger partial charge in [-0.3, -0.25) is 0 Å². The SMILES string of the molecule is N#Cc1ccc(NCc2oncc2C(=O)O)cc1Cl. The van der Waals surface area contributed by atoms with E-state index in [0.717, 1.165) is 6.20 Å². The van der Waals surface area contributed by atoms with Gasteiger partial charge in [-0.05, 0) is 18.2 Å². The molecule has 2 N–H and O–H groups in total. The smallest absolute Gasteiger partial charge is 0.341 e. The number of anilines is 1. The van der Waals surface area contributed by atoms with Crippen LogP contribution in [-0.4, -0.2) is 16.2 Å². The van der Waals surface area contributed by atoms with Crippen LogP contribution >= 0.6 is 11.6 Å². The maximum atomic E-state index is 10.8. The van der Waals surface area contributed by atoms with Crippen LogP contribution in [0.1, 0.15) is 21.7 Å². The van der Waals surface area contributed by atoms with Crippen molar-refractivity contribution in [3.63, 3.8) is 0 Å². The van der Waals surface area contributed by atoms with Gasteiger partial charge in [-0.2, -0.15) is 5.26 Å². The Labute approximate surface area is 113 Å². The van der Waals surface area contributed by atoms with E-state index < -0.39 is 5.97 Å². The number of aromatic nitrogens is 1. The fraction of sp³-hybridized carbons (Fsp3) is 0.0833. The monoisotopic (exact) mass is 277 g/mol. The Bertz CT molecular complexity index is 660. The summed E-state index contributed by atoms with van der Waals surface area (Å²) in [6.45, 7) is 0.157. The van der Waals surface area contributed by atoms with Gasteiger partial charge in [0.15, 0.2) is 5.76 Å². The Morgan fingerprint density at radius 3 is 3.00 bits per heavy atom. The number of rotatable bonds is 4. The average molecular weight is 278 g/mol. The summed E-state index contributed by atoms with van der Waals surface area (Å²) in [6, 6.07) is 6.77. The standard InChI is InChI=1S/C12H8ClN3O3/c13-10-3-8(2-1-7(10)4-14)15-6-11-9(12(17)18)5-16-19-11/h1-3,5,15H,6H2,(H,17,18). The lowest BCUT2D eigenvalue weighted by atomic mass is 10.2. The van der Waals surface area contributed by atoms with Crippen molar-refractivity contribution in [2.45, 2.75) is 6.54 Å². The number of benzene rings is 1. The zero-order chi connectivity index (χ0) is 13.8. The van der Waals surface area contributed by atoms with Gasteiger partial charge in [-0.1, -0.05) is 16.8 Å². The summed E-state index contributed by atoms with van der Waals surface area (Å²) < 4.78 is 4.84. The molecule has 1 aromatic heterocycles. The molecule has 0 spiro atoms. The van der Waals surface area contributed by atoms with Crippen LogP contribution in [0.3, 0.4) is 0 Å². The van der Waals surface area contributed by atoms with Crippen molar-refractivity contribution in [3.8, 4) is 6.07 Å². The highest BCUT2D eigenvalue weighted by atomic mass is 35.5. The largest absolute Gasteiger partial charge is 0.478 e. The number of aromatic carboxylic acids is 1. The molecule has 7 heteroatoms. The molecule has 6 nitrogen and oxygen atoms in total. The van der Waals surface area contributed by atoms with Crippen molar-refractivity contribution in [1.82, 2.24) is 5.16 Å². The van der Waals surface area contributed by atoms with E-state index in [1.165, 1.54) is 0 Å². The van der Waals surface area contributed by atoms with Crippen molar-refractivity contribution < 1.29 is 14.4 Å². The molecule has 2 aromatic rings. The molecule has 0 radical (unpaired) electrons. The number of carboxylic acids is 1. The number of carbonyl (C=O) groups is 1. The molecule has 0 saturated heterocycles. The third kappa shape index (κ3) is 2.84. The number of carboxylic acid groups (broad SMARTS) is 1. The summed E-state index contributed by atoms with van der Waals surface area (Å²) in [5.74, 6) is -0.885. The Morgan fingerprint density at radius 1 is 1.58 bits per heavy atom. The number of nitriles is 1. The second kappa shape index (κ2) is 5.42. The summed E-state index contributed by atoms with van der Waals surface area (Å²) in [4.78, 5) is 10.8. The third-order valence-corrected chi connectivity index (χ3v) is 2.73. The summed E-state index contributed by atoms with van der Waals surface area (Å²) in [5.41, 5.74) is 1.03. The highest BCUT2D eigenvalue weighted by molar-refractivity contribution is 6.32. The molecule has 96 valence electrons. The molecule has 0 fully saturated rings. The lowest BCUT2D eigenvalue weighted by Crippen LogP contribution is -2.04. The minimum Gasteiger partial charge on any atom is -0.478 e. The van der Waals surface area contributed by atoms with Crippen LogP contribution in [0.15, 0.2) is 28.9 Å². The summed E-state index contributed by atoms with van der Waals surface area (Å²) >= 11 is 5.88. The molecule has 2 rings (SSSR count). The quantitative estimate of drug-likeness (QED) is 0.891. The van der Waals surface area contributed by atoms with Gasteiger partial charge in [0, 0.05) is 5.69 Å². The zero-order valence-corrected chi connectivity index (χ0v) is 10.3. The number of hydrogen-bond donors (Lipinski definition) is 2. The fourth-order valence-electron chi connectivity index (χ4n) is 1.46. The van der Waals surface area contributed by atoms with Crippen LogP contribution in [0.2, 0.25) is 5.02 Å². The Morgan fingerprint density at radius 2 is 2.37 bits per heavy atom. The highest BCUT2D eigenvalue weighted by Crippen LogP contribution is 2.21. The molecule has 1 heterocycles. The Hall–Kier alpha value is -2.52. The molecule has 0 atom stereocenters. The van der Waals surface area contributed by atoms with Crippen LogP contribution in [0.5, 0.6) is 0 Å². The highest BCUT2D eigenvalue weighted by Gasteiger charge is 2.14. The topological polar surface area (TPSA) is 99.2 Å². The van der Waals surface area contributed by atoms with Crippen molar-refractivity contribution in [2.75, 3.05) is 5.32 Å². The molecule has 0 aliphatic rings. The normalized spacial score (nSPS) is 9.89. The second-order valence-corrected chi connectivity index (χ2v) is 4.03. The molecule has 0 bridgehead atoms. The summed E-state index contributed by atoms with van der Waals surface area (Å²) in [7, 11) is 0. The van der Waals surface area contributed by atoms with E-state index in [4.69, 9.17) is 26.5 Å². The molecule has 0 saturated carbocycles. The van der Waals surface area contributed by atoms with Crippen molar-refractivity contribution in [2.24, 2.45) is 0 Å². The minimum absolute atomic E-state index is 0.00671. The van der Waals surface area contributed by atoms with E-state index in [1.807, 2.05) is 6.07 Å². The molecule has 0 aliphatic heterocycles. The maximum absolute atomic E-state index is 10.8. The second-order valence-electron chi connectivity index (χ2n) is 3.63. The first-order chi connectivity index (χ1) is 9.11. The Balaban J connectivity index is 2.11. The van der Waals surface area contributed by atoms with Crippen LogP contribution in [-0.2, 0) is 6.54 Å². The molecule has 0 unspecified atom stereocenters. The zero-order valence-electron chi connectivity index (χ0n) is 9.55. The molecule has 19 heavy (non-hydrogen) atoms. The van der Waals surface area contributed by atoms with Gasteiger partial charge in [-0.25, -0.2) is 4.79 Å². The van der Waals surface area contributed by atoms with Crippen LogP contribution < -0.4 is 5.32 Å². The van der Waals surface area contributed by atoms with Crippen molar-refractivity contribution in [3.05, 3.63) is 46.3 Å². The van der Waals surface area contributed by atoms with E-state index in [0.29, 0.717) is 16.3 Å². The van der Waals surface area contributed by atoms with Gasteiger partial charge in [0.25, 0.3) is 0 Å². The molecule has 1 aromatic carbocycles. The van der Waals surface area contributed by atoms with Crippen LogP contribution in [0.25, 0.3) is 0 Å². The van der Waals surface area contributed by atoms with Gasteiger partial charge in [0.1, 0.15) is 11.6 Å². The van der Waals surface area contributed by atoms with Crippen LogP contribution in [0.4, 0.5) is 5.69 Å². The van der Waals surface area contributed by atoms with Gasteiger partial charge in [0.2, 0.25) is 0 Å². The van der Waals surface area contributed by atoms with E-state index in [-0.39, 0.29) is 17.9 Å². The molecular weight excluding hydrogens is 270 g/mol. The molecule has 0 amide bonds. The fourth-order valence-corrected chi connectivity index (χ4v) is 1.69. The number of hydrogen-bond acceptors (Lipinski definition) is 5. The van der Waals surface area contributed by atoms with E-state index in [9.17, 15) is 4.79 Å². The van der Waals surface area contributed by atoms with Gasteiger partial charge >= 0.3 is 5.97 Å². The number of nitrogens with one attached hydrogen (secondary N) is 1. The first kappa shape index (κ1) is 12.9. The molecular formula is C12H8ClN3O3. The van der Waals surface area contributed by atoms with E-state index in [1.54, 1.807) is 18.2 Å². The van der Waals surface area contributed by atoms with Crippen molar-refractivity contribution >= 4 is 23.3 Å².